The van der Waals surface area contributed by atoms with Gasteiger partial charge < -0.3 is 0 Å². The van der Waals surface area contributed by atoms with Gasteiger partial charge in [-0.3, -0.25) is 0 Å². The first-order valence-electron chi connectivity index (χ1n) is 23.6. The number of benzene rings is 10. The third-order valence-electron chi connectivity index (χ3n) is 8.60. The highest BCUT2D eigenvalue weighted by Crippen LogP contribution is 2.48. The summed E-state index contributed by atoms with van der Waals surface area (Å²) in [6, 6.07) is 6.79. The van der Waals surface area contributed by atoms with Crippen LogP contribution in [0.3, 0.4) is 0 Å². The van der Waals surface area contributed by atoms with E-state index in [1.807, 2.05) is 24.3 Å². The number of fused-ring (bicyclic) bond motifs is 4. The van der Waals surface area contributed by atoms with E-state index in [0.717, 1.165) is 0 Å². The summed E-state index contributed by atoms with van der Waals surface area (Å²) in [6.07, 6.45) is 0. The molecule has 0 N–H and O–H groups in total. The second-order valence-corrected chi connectivity index (χ2v) is 11.0. The summed E-state index contributed by atoms with van der Waals surface area (Å²) in [7, 11) is 0. The van der Waals surface area contributed by atoms with Gasteiger partial charge in [0.1, 0.15) is 0 Å². The van der Waals surface area contributed by atoms with Crippen LogP contribution in [0.15, 0.2) is 169 Å². The molecule has 0 unspecified atom stereocenters. The van der Waals surface area contributed by atoms with Crippen molar-refractivity contribution in [3.05, 3.63) is 169 Å². The van der Waals surface area contributed by atoms with E-state index in [2.05, 4.69) is 0 Å². The Hall–Kier alpha value is -5.98. The Balaban J connectivity index is 1.47. The van der Waals surface area contributed by atoms with E-state index in [4.69, 9.17) is 16.4 Å². The molecule has 0 heteroatoms. The molecule has 0 spiro atoms. The van der Waals surface area contributed by atoms with Crippen LogP contribution in [0, 0.1) is 0 Å². The highest BCUT2D eigenvalue weighted by Gasteiger charge is 2.20. The fourth-order valence-corrected chi connectivity index (χ4v) is 6.73. The van der Waals surface area contributed by atoms with Crippen LogP contribution in [-0.2, 0) is 0 Å². The van der Waals surface area contributed by atoms with E-state index in [1.165, 1.54) is 0 Å². The maximum atomic E-state index is 10.0. The SMILES string of the molecule is [2H]c1c([2H])c([2H])c(-c2c3ccccc3c(-c3c([2H])c4c([2H])c([2H])c5c([2H])c([2H])c(-c6c([2H])c([2H])c([2H])c([2H])c6[2H])c6c([2H])c([2H])c(c3[2H])c4c56)c3c2ccc2ccccc23)c([2H])c1[2H]. The Bertz CT molecular complexity index is 3740. The van der Waals surface area contributed by atoms with Crippen molar-refractivity contribution in [3.63, 3.8) is 0 Å². The number of rotatable bonds is 3. The van der Waals surface area contributed by atoms with E-state index >= 15 is 0 Å². The zero-order valence-electron chi connectivity index (χ0n) is 41.8. The first-order valence-corrected chi connectivity index (χ1v) is 14.6. The predicted octanol–water partition coefficient (Wildman–Crippen LogP) is 13.0. The maximum Gasteiger partial charge on any atom is 0.0636 e. The van der Waals surface area contributed by atoms with Gasteiger partial charge in [0, 0.05) is 0 Å². The highest BCUT2D eigenvalue weighted by atomic mass is 14.2. The average Bonchev–Trinajstić information content (AvgIpc) is 3.28. The lowest BCUT2D eigenvalue weighted by Gasteiger charge is -2.20. The monoisotopic (exact) mass is 598 g/mol. The van der Waals surface area contributed by atoms with Crippen LogP contribution in [0.4, 0.5) is 0 Å². The van der Waals surface area contributed by atoms with Gasteiger partial charge >= 0.3 is 0 Å². The van der Waals surface area contributed by atoms with Gasteiger partial charge in [-0.1, -0.05) is 157 Å². The molecular formula is C46H28. The van der Waals surface area contributed by atoms with Crippen molar-refractivity contribution >= 4 is 64.6 Å². The summed E-state index contributed by atoms with van der Waals surface area (Å²) in [5.41, 5.74) is -0.542. The lowest BCUT2D eigenvalue weighted by molar-refractivity contribution is 1.66. The Kier molecular flexibility index (Phi) is 2.88. The third-order valence-corrected chi connectivity index (χ3v) is 8.60. The van der Waals surface area contributed by atoms with Crippen molar-refractivity contribution < 1.29 is 24.7 Å². The van der Waals surface area contributed by atoms with Crippen molar-refractivity contribution in [2.75, 3.05) is 0 Å². The van der Waals surface area contributed by atoms with Crippen molar-refractivity contribution in [3.8, 4) is 33.4 Å². The molecule has 0 bridgehead atoms. The van der Waals surface area contributed by atoms with E-state index in [-0.39, 0.29) is 49.0 Å². The minimum Gasteiger partial charge on any atom is -0.0622 e. The zero-order valence-corrected chi connectivity index (χ0v) is 23.8. The van der Waals surface area contributed by atoms with E-state index in [9.17, 15) is 8.22 Å². The summed E-state index contributed by atoms with van der Waals surface area (Å²) in [6.45, 7) is 0. The van der Waals surface area contributed by atoms with E-state index < -0.39 is 120 Å². The summed E-state index contributed by atoms with van der Waals surface area (Å²) in [5.74, 6) is 0. The zero-order chi connectivity index (χ0) is 45.9. The van der Waals surface area contributed by atoms with Crippen LogP contribution in [-0.4, -0.2) is 0 Å². The summed E-state index contributed by atoms with van der Waals surface area (Å²) < 4.78 is 162. The molecule has 10 rings (SSSR count). The lowest BCUT2D eigenvalue weighted by atomic mass is 9.82. The molecule has 212 valence electrons. The Labute approximate surface area is 292 Å². The fraction of sp³-hybridized carbons (Fsp3) is 0. The van der Waals surface area contributed by atoms with Crippen LogP contribution >= 0.6 is 0 Å². The van der Waals surface area contributed by atoms with Gasteiger partial charge in [0.25, 0.3) is 0 Å². The Morgan fingerprint density at radius 3 is 1.70 bits per heavy atom. The standard InChI is InChI=1S/C46H28/c1-3-11-29(12-4-1)36-24-22-32-19-20-33-27-35(28-34-23-25-40(36)44(32)42(33)34)45-39-18-10-9-17-38(39)43(31-14-5-2-6-15-31)41-26-21-30-13-7-8-16-37(30)46(41)45/h1-28H/i1D,2D,3D,4D,5D,6D,11D,12D,14D,15D,19D,20D,22D,23D,24D,25D,27D,28D. The third kappa shape index (κ3) is 3.62. The quantitative estimate of drug-likeness (QED) is 0.140. The fourth-order valence-electron chi connectivity index (χ4n) is 6.73. The van der Waals surface area contributed by atoms with Crippen LogP contribution in [0.25, 0.3) is 98.0 Å². The molecule has 0 atom stereocenters. The molecular weight excluding hydrogens is 553 g/mol. The first kappa shape index (κ1) is 13.6. The number of hydrogen-bond donors (Lipinski definition) is 0. The van der Waals surface area contributed by atoms with Crippen molar-refractivity contribution in [1.82, 2.24) is 0 Å². The molecule has 0 saturated carbocycles. The van der Waals surface area contributed by atoms with Crippen LogP contribution in [0.5, 0.6) is 0 Å². The van der Waals surface area contributed by atoms with Gasteiger partial charge in [-0.15, -0.1) is 0 Å². The van der Waals surface area contributed by atoms with Crippen LogP contribution in [0.2, 0.25) is 0 Å². The van der Waals surface area contributed by atoms with Gasteiger partial charge in [0.2, 0.25) is 0 Å². The lowest BCUT2D eigenvalue weighted by Crippen LogP contribution is -1.93. The molecule has 10 aromatic carbocycles. The average molecular weight is 599 g/mol. The molecule has 10 aromatic rings. The first-order chi connectivity index (χ1) is 30.3. The van der Waals surface area contributed by atoms with Gasteiger partial charge in [0.15, 0.2) is 0 Å². The molecule has 0 aliphatic heterocycles. The smallest absolute Gasteiger partial charge is 0.0622 e. The minimum absolute atomic E-state index is 0.0729. The molecule has 0 nitrogen and oxygen atoms in total. The normalized spacial score (nSPS) is 17.4. The highest BCUT2D eigenvalue weighted by molar-refractivity contribution is 6.30. The van der Waals surface area contributed by atoms with Crippen molar-refractivity contribution in [1.29, 1.82) is 0 Å². The number of hydrogen-bond acceptors (Lipinski definition) is 0. The topological polar surface area (TPSA) is 0 Å². The maximum absolute atomic E-state index is 10.0. The van der Waals surface area contributed by atoms with Gasteiger partial charge in [-0.25, -0.2) is 0 Å². The van der Waals surface area contributed by atoms with Crippen LogP contribution < -0.4 is 0 Å². The Morgan fingerprint density at radius 2 is 0.935 bits per heavy atom. The van der Waals surface area contributed by atoms with E-state index in [1.54, 1.807) is 36.4 Å². The largest absolute Gasteiger partial charge is 0.0636 e. The van der Waals surface area contributed by atoms with Gasteiger partial charge in [0.05, 0.1) is 24.7 Å². The molecule has 0 amide bonds. The van der Waals surface area contributed by atoms with Crippen molar-refractivity contribution in [2.45, 2.75) is 0 Å². The summed E-state index contributed by atoms with van der Waals surface area (Å²) in [5, 5.41) is 1.60. The van der Waals surface area contributed by atoms with Gasteiger partial charge in [-0.2, -0.15) is 0 Å². The molecule has 0 radical (unpaired) electrons. The van der Waals surface area contributed by atoms with Crippen LogP contribution in [0.1, 0.15) is 24.7 Å². The second-order valence-electron chi connectivity index (χ2n) is 11.0. The summed E-state index contributed by atoms with van der Waals surface area (Å²) >= 11 is 0. The molecule has 46 heavy (non-hydrogen) atoms. The molecule has 0 fully saturated rings. The van der Waals surface area contributed by atoms with Gasteiger partial charge in [-0.05, 0) is 110 Å². The second kappa shape index (κ2) is 9.76. The summed E-state index contributed by atoms with van der Waals surface area (Å²) in [4.78, 5) is 0. The molecule has 0 heterocycles. The molecule has 0 aliphatic rings. The van der Waals surface area contributed by atoms with E-state index in [0.29, 0.717) is 37.9 Å². The predicted molar refractivity (Wildman–Crippen MR) is 199 cm³/mol. The molecule has 0 saturated heterocycles. The van der Waals surface area contributed by atoms with Crippen molar-refractivity contribution in [2.24, 2.45) is 0 Å². The minimum atomic E-state index is -0.740. The molecule has 0 aliphatic carbocycles. The molecule has 0 aromatic heterocycles. The Morgan fingerprint density at radius 1 is 0.326 bits per heavy atom.